The molecule has 0 radical (unpaired) electrons. The summed E-state index contributed by atoms with van der Waals surface area (Å²) in [7, 11) is 0. The molecule has 2 aromatic carbocycles. The Morgan fingerprint density at radius 3 is 2.67 bits per heavy atom. The van der Waals surface area contributed by atoms with Gasteiger partial charge in [-0.1, -0.05) is 43.3 Å². The molecule has 8 nitrogen and oxygen atoms in total. The second-order valence-corrected chi connectivity index (χ2v) is 10.4. The lowest BCUT2D eigenvalue weighted by atomic mass is 9.88. The Hall–Kier alpha value is -5.49. The molecule has 1 N–H and O–H groups in total. The average molecular weight is 575 g/mol. The van der Waals surface area contributed by atoms with Crippen molar-refractivity contribution in [2.75, 3.05) is 6.61 Å². The third-order valence-corrected chi connectivity index (χ3v) is 7.58. The maximum absolute atomic E-state index is 14.8. The van der Waals surface area contributed by atoms with Crippen LogP contribution in [0.4, 0.5) is 4.39 Å². The fourth-order valence-electron chi connectivity index (χ4n) is 5.15. The van der Waals surface area contributed by atoms with Crippen molar-refractivity contribution in [2.24, 2.45) is 5.92 Å². The van der Waals surface area contributed by atoms with E-state index in [1.165, 1.54) is 0 Å². The van der Waals surface area contributed by atoms with Crippen molar-refractivity contribution in [2.45, 2.75) is 26.1 Å². The van der Waals surface area contributed by atoms with Crippen molar-refractivity contribution in [3.8, 4) is 23.2 Å². The molecule has 3 heterocycles. The van der Waals surface area contributed by atoms with E-state index in [-0.39, 0.29) is 12.2 Å². The Balaban J connectivity index is 1.20. The maximum atomic E-state index is 14.8. The summed E-state index contributed by atoms with van der Waals surface area (Å²) in [6.45, 7) is 2.16. The normalized spacial score (nSPS) is 16.4. The second-order valence-electron chi connectivity index (χ2n) is 10.4. The number of pyridine rings is 1. The smallest absolute Gasteiger partial charge is 0.335 e. The Labute approximate surface area is 247 Å². The molecule has 5 aromatic rings. The van der Waals surface area contributed by atoms with E-state index in [1.807, 2.05) is 59.2 Å². The highest BCUT2D eigenvalue weighted by Crippen LogP contribution is 2.29. The SMILES string of the molecule is CC1C(C#N)=CC=C(COc2cccc(-c3ccc(Cc4nc5ccc(C(=O)O)cc5n4Cc4ccco4)cc3)n2)C1F. The summed E-state index contributed by atoms with van der Waals surface area (Å²) in [4.78, 5) is 21.0. The number of hydrogen-bond acceptors (Lipinski definition) is 6. The molecule has 0 bridgehead atoms. The van der Waals surface area contributed by atoms with E-state index in [2.05, 4.69) is 4.98 Å². The molecule has 6 rings (SSSR count). The van der Waals surface area contributed by atoms with E-state index in [0.29, 0.717) is 41.2 Å². The molecule has 2 atom stereocenters. The predicted molar refractivity (Wildman–Crippen MR) is 158 cm³/mol. The van der Waals surface area contributed by atoms with Crippen molar-refractivity contribution in [1.82, 2.24) is 14.5 Å². The second kappa shape index (κ2) is 11.8. The lowest BCUT2D eigenvalue weighted by Gasteiger charge is -2.22. The summed E-state index contributed by atoms with van der Waals surface area (Å²) in [5, 5.41) is 18.6. The number of rotatable bonds is 9. The highest BCUT2D eigenvalue weighted by atomic mass is 19.1. The van der Waals surface area contributed by atoms with Gasteiger partial charge in [0.25, 0.3) is 0 Å². The number of ether oxygens (including phenoxy) is 1. The topological polar surface area (TPSA) is 114 Å². The van der Waals surface area contributed by atoms with Gasteiger partial charge in [0.1, 0.15) is 24.4 Å². The van der Waals surface area contributed by atoms with Gasteiger partial charge in [0.2, 0.25) is 5.88 Å². The van der Waals surface area contributed by atoms with Crippen LogP contribution in [0.15, 0.2) is 107 Å². The third kappa shape index (κ3) is 5.81. The standard InChI is InChI=1S/C34H27FN4O4/c1-21-25(18-36)11-12-26(33(21)35)20-43-32-6-2-5-28(38-32)23-9-7-22(8-10-23)16-31-37-29-14-13-24(34(40)41)17-30(29)39(31)19-27-4-3-15-42-27/h2-15,17,21,33H,16,19-20H2,1H3,(H,40,41). The molecule has 3 aromatic heterocycles. The zero-order valence-corrected chi connectivity index (χ0v) is 23.3. The molecule has 43 heavy (non-hydrogen) atoms. The summed E-state index contributed by atoms with van der Waals surface area (Å²) < 4.78 is 28.1. The van der Waals surface area contributed by atoms with Crippen LogP contribution in [0.3, 0.4) is 0 Å². The van der Waals surface area contributed by atoms with Crippen molar-refractivity contribution >= 4 is 17.0 Å². The zero-order chi connectivity index (χ0) is 29.9. The van der Waals surface area contributed by atoms with Crippen LogP contribution in [-0.2, 0) is 13.0 Å². The number of alkyl halides is 1. The van der Waals surface area contributed by atoms with Gasteiger partial charge in [-0.15, -0.1) is 0 Å². The maximum Gasteiger partial charge on any atom is 0.335 e. The van der Waals surface area contributed by atoms with Gasteiger partial charge in [-0.25, -0.2) is 19.2 Å². The largest absolute Gasteiger partial charge is 0.478 e. The minimum Gasteiger partial charge on any atom is -0.478 e. The van der Waals surface area contributed by atoms with Crippen LogP contribution < -0.4 is 4.74 Å². The zero-order valence-electron chi connectivity index (χ0n) is 23.3. The van der Waals surface area contributed by atoms with Crippen LogP contribution >= 0.6 is 0 Å². The Kier molecular flexibility index (Phi) is 7.58. The summed E-state index contributed by atoms with van der Waals surface area (Å²) in [6, 6.07) is 24.1. The van der Waals surface area contributed by atoms with Crippen molar-refractivity contribution < 1.29 is 23.4 Å². The molecule has 1 aliphatic rings. The van der Waals surface area contributed by atoms with Crippen molar-refractivity contribution in [3.05, 3.63) is 125 Å². The fourth-order valence-corrected chi connectivity index (χ4v) is 5.15. The molecule has 1 aliphatic carbocycles. The summed E-state index contributed by atoms with van der Waals surface area (Å²) in [6.07, 6.45) is 4.11. The van der Waals surface area contributed by atoms with E-state index < -0.39 is 18.1 Å². The number of nitrogens with zero attached hydrogens (tertiary/aromatic N) is 4. The first-order chi connectivity index (χ1) is 20.9. The minimum atomic E-state index is -1.28. The molecule has 0 amide bonds. The number of allylic oxidation sites excluding steroid dienone is 3. The van der Waals surface area contributed by atoms with Gasteiger partial charge in [-0.3, -0.25) is 0 Å². The number of hydrogen-bond donors (Lipinski definition) is 1. The number of aromatic carboxylic acids is 1. The van der Waals surface area contributed by atoms with Gasteiger partial charge in [-0.05, 0) is 48.0 Å². The van der Waals surface area contributed by atoms with Crippen LogP contribution in [-0.4, -0.2) is 38.4 Å². The molecule has 214 valence electrons. The number of carboxylic acid groups (broad SMARTS) is 1. The van der Waals surface area contributed by atoms with Crippen LogP contribution in [0.2, 0.25) is 0 Å². The van der Waals surface area contributed by atoms with Gasteiger partial charge in [0, 0.05) is 35.1 Å². The predicted octanol–water partition coefficient (Wildman–Crippen LogP) is 6.77. The Morgan fingerprint density at radius 2 is 1.93 bits per heavy atom. The number of nitriles is 1. The lowest BCUT2D eigenvalue weighted by molar-refractivity contribution is 0.0697. The van der Waals surface area contributed by atoms with Crippen LogP contribution in [0.25, 0.3) is 22.3 Å². The van der Waals surface area contributed by atoms with Gasteiger partial charge in [0.05, 0.1) is 41.2 Å². The first kappa shape index (κ1) is 27.7. The first-order valence-electron chi connectivity index (χ1n) is 13.8. The molecule has 9 heteroatoms. The molecule has 0 fully saturated rings. The van der Waals surface area contributed by atoms with E-state index in [0.717, 1.165) is 28.2 Å². The summed E-state index contributed by atoms with van der Waals surface area (Å²) in [5.41, 5.74) is 5.14. The van der Waals surface area contributed by atoms with Gasteiger partial charge >= 0.3 is 5.97 Å². The molecule has 0 saturated carbocycles. The number of carbonyl (C=O) groups is 1. The third-order valence-electron chi connectivity index (χ3n) is 7.58. The Bertz CT molecular complexity index is 1900. The monoisotopic (exact) mass is 574 g/mol. The highest BCUT2D eigenvalue weighted by Gasteiger charge is 2.27. The highest BCUT2D eigenvalue weighted by molar-refractivity contribution is 5.92. The minimum absolute atomic E-state index is 0.0447. The number of halogens is 1. The van der Waals surface area contributed by atoms with Gasteiger partial charge in [-0.2, -0.15) is 5.26 Å². The Morgan fingerprint density at radius 1 is 1.09 bits per heavy atom. The molecular formula is C34H27FN4O4. The molecule has 0 aliphatic heterocycles. The van der Waals surface area contributed by atoms with Crippen molar-refractivity contribution in [1.29, 1.82) is 5.26 Å². The van der Waals surface area contributed by atoms with Gasteiger partial charge in [0.15, 0.2) is 0 Å². The summed E-state index contributed by atoms with van der Waals surface area (Å²) >= 11 is 0. The van der Waals surface area contributed by atoms with E-state index in [1.54, 1.807) is 49.6 Å². The fraction of sp³-hybridized carbons (Fsp3) is 0.176. The van der Waals surface area contributed by atoms with E-state index in [4.69, 9.17) is 19.4 Å². The molecule has 2 unspecified atom stereocenters. The van der Waals surface area contributed by atoms with Crippen LogP contribution in [0.5, 0.6) is 5.88 Å². The molecular weight excluding hydrogens is 547 g/mol. The number of aromatic nitrogens is 3. The van der Waals surface area contributed by atoms with Crippen molar-refractivity contribution in [3.63, 3.8) is 0 Å². The number of furan rings is 1. The molecule has 0 saturated heterocycles. The average Bonchev–Trinajstić information content (AvgIpc) is 3.66. The number of fused-ring (bicyclic) bond motifs is 1. The van der Waals surface area contributed by atoms with Crippen LogP contribution in [0, 0.1) is 17.2 Å². The number of imidazole rings is 1. The van der Waals surface area contributed by atoms with E-state index >= 15 is 0 Å². The van der Waals surface area contributed by atoms with E-state index in [9.17, 15) is 14.3 Å². The van der Waals surface area contributed by atoms with Gasteiger partial charge < -0.3 is 18.8 Å². The number of carboxylic acids is 1. The first-order valence-corrected chi connectivity index (χ1v) is 13.8. The van der Waals surface area contributed by atoms with Crippen LogP contribution in [0.1, 0.15) is 34.4 Å². The number of benzene rings is 2. The molecule has 0 spiro atoms. The quantitative estimate of drug-likeness (QED) is 0.207. The lowest BCUT2D eigenvalue weighted by Crippen LogP contribution is -2.23. The summed E-state index contributed by atoms with van der Waals surface area (Å²) in [5.74, 6) is 0.403.